The predicted octanol–water partition coefficient (Wildman–Crippen LogP) is 4.86. The zero-order valence-corrected chi connectivity index (χ0v) is 13.0. The van der Waals surface area contributed by atoms with Crippen LogP contribution in [0.5, 0.6) is 0 Å². The van der Waals surface area contributed by atoms with Crippen LogP contribution < -0.4 is 0 Å². The SMILES string of the molecule is CCCCN1C(C)(CC)CCC(C)C1(C)CC. The second-order valence-corrected chi connectivity index (χ2v) is 6.51. The Morgan fingerprint density at radius 2 is 1.76 bits per heavy atom. The summed E-state index contributed by atoms with van der Waals surface area (Å²) >= 11 is 0. The maximum absolute atomic E-state index is 2.86. The van der Waals surface area contributed by atoms with Gasteiger partial charge < -0.3 is 0 Å². The molecule has 17 heavy (non-hydrogen) atoms. The van der Waals surface area contributed by atoms with Crippen molar-refractivity contribution in [3.05, 3.63) is 0 Å². The van der Waals surface area contributed by atoms with Gasteiger partial charge in [0.25, 0.3) is 0 Å². The molecule has 0 spiro atoms. The lowest BCUT2D eigenvalue weighted by Gasteiger charge is -2.58. The topological polar surface area (TPSA) is 3.24 Å². The maximum Gasteiger partial charge on any atom is 0.0209 e. The van der Waals surface area contributed by atoms with Gasteiger partial charge in [0.2, 0.25) is 0 Å². The van der Waals surface area contributed by atoms with Crippen LogP contribution in [0.2, 0.25) is 0 Å². The van der Waals surface area contributed by atoms with E-state index in [1.165, 1.54) is 45.1 Å². The molecule has 1 heteroatoms. The summed E-state index contributed by atoms with van der Waals surface area (Å²) < 4.78 is 0. The molecule has 0 radical (unpaired) electrons. The fourth-order valence-electron chi connectivity index (χ4n) is 3.60. The van der Waals surface area contributed by atoms with Gasteiger partial charge in [0.15, 0.2) is 0 Å². The van der Waals surface area contributed by atoms with Crippen LogP contribution in [0.4, 0.5) is 0 Å². The molecule has 0 aliphatic carbocycles. The molecule has 1 rings (SSSR count). The van der Waals surface area contributed by atoms with Crippen molar-refractivity contribution < 1.29 is 0 Å². The largest absolute Gasteiger partial charge is 0.292 e. The van der Waals surface area contributed by atoms with Crippen molar-refractivity contribution in [1.82, 2.24) is 4.90 Å². The number of unbranched alkanes of at least 4 members (excludes halogenated alkanes) is 1. The molecule has 0 aromatic heterocycles. The molecule has 0 aromatic carbocycles. The van der Waals surface area contributed by atoms with Crippen LogP contribution in [0.25, 0.3) is 0 Å². The van der Waals surface area contributed by atoms with Crippen LogP contribution in [0, 0.1) is 5.92 Å². The summed E-state index contributed by atoms with van der Waals surface area (Å²) in [5.41, 5.74) is 0.852. The Morgan fingerprint density at radius 1 is 1.12 bits per heavy atom. The number of nitrogens with zero attached hydrogens (tertiary/aromatic N) is 1. The van der Waals surface area contributed by atoms with E-state index in [1.807, 2.05) is 0 Å². The number of likely N-dealkylation sites (tertiary alicyclic amines) is 1. The highest BCUT2D eigenvalue weighted by Gasteiger charge is 2.47. The number of piperidine rings is 1. The van der Waals surface area contributed by atoms with Crippen molar-refractivity contribution in [2.24, 2.45) is 5.92 Å². The lowest BCUT2D eigenvalue weighted by Crippen LogP contribution is -2.64. The van der Waals surface area contributed by atoms with Gasteiger partial charge >= 0.3 is 0 Å². The first kappa shape index (κ1) is 15.0. The zero-order chi connectivity index (χ0) is 13.1. The molecule has 1 nitrogen and oxygen atoms in total. The monoisotopic (exact) mass is 239 g/mol. The second kappa shape index (κ2) is 5.73. The quantitative estimate of drug-likeness (QED) is 0.662. The summed E-state index contributed by atoms with van der Waals surface area (Å²) in [4.78, 5) is 2.86. The molecule has 3 atom stereocenters. The number of rotatable bonds is 5. The van der Waals surface area contributed by atoms with E-state index < -0.39 is 0 Å². The average Bonchev–Trinajstić information content (AvgIpc) is 2.34. The van der Waals surface area contributed by atoms with Gasteiger partial charge in [0, 0.05) is 11.1 Å². The van der Waals surface area contributed by atoms with Crippen LogP contribution in [0.3, 0.4) is 0 Å². The molecule has 1 heterocycles. The third-order valence-corrected chi connectivity index (χ3v) is 5.66. The third-order valence-electron chi connectivity index (χ3n) is 5.66. The van der Waals surface area contributed by atoms with E-state index in [2.05, 4.69) is 46.4 Å². The Hall–Kier alpha value is -0.0400. The Labute approximate surface area is 109 Å². The van der Waals surface area contributed by atoms with Gasteiger partial charge in [-0.3, -0.25) is 4.90 Å². The molecule has 0 bridgehead atoms. The van der Waals surface area contributed by atoms with Crippen molar-refractivity contribution in [3.63, 3.8) is 0 Å². The normalized spacial score (nSPS) is 39.5. The van der Waals surface area contributed by atoms with Gasteiger partial charge in [-0.05, 0) is 58.4 Å². The first-order chi connectivity index (χ1) is 7.94. The maximum atomic E-state index is 2.86. The van der Waals surface area contributed by atoms with Crippen LogP contribution in [-0.4, -0.2) is 22.5 Å². The van der Waals surface area contributed by atoms with E-state index in [9.17, 15) is 0 Å². The number of hydrogen-bond acceptors (Lipinski definition) is 1. The van der Waals surface area contributed by atoms with Crippen molar-refractivity contribution in [1.29, 1.82) is 0 Å². The molecule has 0 N–H and O–H groups in total. The van der Waals surface area contributed by atoms with E-state index >= 15 is 0 Å². The van der Waals surface area contributed by atoms with Gasteiger partial charge in [0.05, 0.1) is 0 Å². The fraction of sp³-hybridized carbons (Fsp3) is 1.00. The standard InChI is InChI=1S/C16H33N/c1-7-10-13-17-15(5,8-2)12-11-14(4)16(17,6)9-3/h14H,7-13H2,1-6H3. The van der Waals surface area contributed by atoms with Gasteiger partial charge in [-0.2, -0.15) is 0 Å². The zero-order valence-electron chi connectivity index (χ0n) is 13.0. The first-order valence-electron chi connectivity index (χ1n) is 7.72. The highest BCUT2D eigenvalue weighted by molar-refractivity contribution is 5.03. The van der Waals surface area contributed by atoms with E-state index in [1.54, 1.807) is 0 Å². The first-order valence-corrected chi connectivity index (χ1v) is 7.72. The summed E-state index contributed by atoms with van der Waals surface area (Å²) in [5, 5.41) is 0. The van der Waals surface area contributed by atoms with Crippen LogP contribution in [0.1, 0.15) is 80.1 Å². The summed E-state index contributed by atoms with van der Waals surface area (Å²) in [6.45, 7) is 15.8. The Bertz CT molecular complexity index is 238. The number of hydrogen-bond donors (Lipinski definition) is 0. The Balaban J connectivity index is 2.96. The Kier molecular flexibility index (Phi) is 5.07. The fourth-order valence-corrected chi connectivity index (χ4v) is 3.60. The Morgan fingerprint density at radius 3 is 2.24 bits per heavy atom. The van der Waals surface area contributed by atoms with E-state index in [0.29, 0.717) is 11.1 Å². The molecule has 1 fully saturated rings. The van der Waals surface area contributed by atoms with Crippen LogP contribution >= 0.6 is 0 Å². The molecule has 3 unspecified atom stereocenters. The van der Waals surface area contributed by atoms with E-state index in [4.69, 9.17) is 0 Å². The van der Waals surface area contributed by atoms with Gasteiger partial charge in [-0.15, -0.1) is 0 Å². The van der Waals surface area contributed by atoms with Gasteiger partial charge in [-0.1, -0.05) is 34.1 Å². The lowest BCUT2D eigenvalue weighted by molar-refractivity contribution is -0.0827. The summed E-state index contributed by atoms with van der Waals surface area (Å²) in [6.07, 6.45) is 8.01. The minimum Gasteiger partial charge on any atom is -0.292 e. The van der Waals surface area contributed by atoms with Gasteiger partial charge in [0.1, 0.15) is 0 Å². The molecular weight excluding hydrogens is 206 g/mol. The molecule has 1 saturated heterocycles. The van der Waals surface area contributed by atoms with Gasteiger partial charge in [-0.25, -0.2) is 0 Å². The minimum atomic E-state index is 0.415. The summed E-state index contributed by atoms with van der Waals surface area (Å²) in [5.74, 6) is 0.837. The van der Waals surface area contributed by atoms with E-state index in [0.717, 1.165) is 5.92 Å². The second-order valence-electron chi connectivity index (χ2n) is 6.51. The van der Waals surface area contributed by atoms with Crippen molar-refractivity contribution >= 4 is 0 Å². The molecule has 102 valence electrons. The van der Waals surface area contributed by atoms with Crippen molar-refractivity contribution in [2.75, 3.05) is 6.54 Å². The highest BCUT2D eigenvalue weighted by Crippen LogP contribution is 2.45. The molecule has 0 amide bonds. The van der Waals surface area contributed by atoms with Crippen LogP contribution in [0.15, 0.2) is 0 Å². The van der Waals surface area contributed by atoms with Crippen molar-refractivity contribution in [3.8, 4) is 0 Å². The molecular formula is C16H33N. The smallest absolute Gasteiger partial charge is 0.0209 e. The lowest BCUT2D eigenvalue weighted by atomic mass is 9.69. The molecule has 0 saturated carbocycles. The highest BCUT2D eigenvalue weighted by atomic mass is 15.3. The van der Waals surface area contributed by atoms with Crippen LogP contribution in [-0.2, 0) is 0 Å². The summed E-state index contributed by atoms with van der Waals surface area (Å²) in [6, 6.07) is 0. The molecule has 1 aliphatic heterocycles. The van der Waals surface area contributed by atoms with E-state index in [-0.39, 0.29) is 0 Å². The molecule has 1 aliphatic rings. The minimum absolute atomic E-state index is 0.415. The average molecular weight is 239 g/mol. The molecule has 0 aromatic rings. The summed E-state index contributed by atoms with van der Waals surface area (Å²) in [7, 11) is 0. The predicted molar refractivity (Wildman–Crippen MR) is 77.4 cm³/mol. The third kappa shape index (κ3) is 2.70. The van der Waals surface area contributed by atoms with Crippen molar-refractivity contribution in [2.45, 2.75) is 91.1 Å².